The topological polar surface area (TPSA) is 135 Å². The fourth-order valence-electron chi connectivity index (χ4n) is 6.24. The molecule has 0 unspecified atom stereocenters. The molecule has 7 rings (SSSR count). The van der Waals surface area contributed by atoms with Gasteiger partial charge in [0.25, 0.3) is 0 Å². The van der Waals surface area contributed by atoms with E-state index >= 15 is 0 Å². The number of rotatable bonds is 9. The predicted octanol–water partition coefficient (Wildman–Crippen LogP) is 2.12. The van der Waals surface area contributed by atoms with Crippen LogP contribution in [0.1, 0.15) is 56.3 Å². The molecular weight excluding hydrogens is 550 g/mol. The molecule has 3 fully saturated rings. The van der Waals surface area contributed by atoms with Crippen molar-refractivity contribution in [3.8, 4) is 11.6 Å². The summed E-state index contributed by atoms with van der Waals surface area (Å²) in [6, 6.07) is 4.40. The van der Waals surface area contributed by atoms with Crippen LogP contribution in [0.5, 0.6) is 11.6 Å². The highest BCUT2D eigenvalue weighted by Gasteiger charge is 2.41. The standard InChI is InChI=1S/C28H34B2N8O5/c29-28(30,24-16-33-27(38(39)40)37(24)19-1-2-19)43-21-13-22-23(32-15-21)14-25(35-9-11-41-12-10-35)34-26(22)42-20-5-3-18(4-6-20)36-8-7-31-17-36/h7-8,13-20H,1-6,9-12,29-30H2/t18-,20+. The maximum absolute atomic E-state index is 11.7. The highest BCUT2D eigenvalue weighted by Crippen LogP contribution is 2.42. The highest BCUT2D eigenvalue weighted by molar-refractivity contribution is 6.38. The van der Waals surface area contributed by atoms with Crippen LogP contribution in [-0.2, 0) is 10.1 Å². The lowest BCUT2D eigenvalue weighted by Crippen LogP contribution is -2.37. The first kappa shape index (κ1) is 27.7. The van der Waals surface area contributed by atoms with Gasteiger partial charge in [-0.3, -0.25) is 4.98 Å². The van der Waals surface area contributed by atoms with Crippen molar-refractivity contribution in [1.82, 2.24) is 29.1 Å². The number of nitro groups is 1. The summed E-state index contributed by atoms with van der Waals surface area (Å²) in [6.07, 6.45) is 14.6. The Morgan fingerprint density at radius 3 is 2.49 bits per heavy atom. The van der Waals surface area contributed by atoms with E-state index in [2.05, 4.69) is 19.4 Å². The summed E-state index contributed by atoms with van der Waals surface area (Å²) >= 11 is 0. The predicted molar refractivity (Wildman–Crippen MR) is 163 cm³/mol. The van der Waals surface area contributed by atoms with E-state index in [4.69, 9.17) is 24.2 Å². The molecule has 43 heavy (non-hydrogen) atoms. The van der Waals surface area contributed by atoms with Crippen LogP contribution in [-0.4, -0.2) is 82.1 Å². The third kappa shape index (κ3) is 5.65. The van der Waals surface area contributed by atoms with Crippen molar-refractivity contribution in [3.05, 3.63) is 59.1 Å². The van der Waals surface area contributed by atoms with E-state index in [-0.39, 0.29) is 18.1 Å². The molecule has 13 nitrogen and oxygen atoms in total. The SMILES string of the molecule is BC(B)(Oc1cnc2cc(N3CCOCC3)nc(O[C@H]3CC[C@@H](n4ccnc4)CC3)c2c1)c1cnc([N+](=O)[O-])n1C1CC1. The van der Waals surface area contributed by atoms with Crippen LogP contribution in [0.25, 0.3) is 10.9 Å². The summed E-state index contributed by atoms with van der Waals surface area (Å²) < 4.78 is 22.6. The van der Waals surface area contributed by atoms with Crippen molar-refractivity contribution in [2.24, 2.45) is 0 Å². The first-order valence-corrected chi connectivity index (χ1v) is 15.0. The second kappa shape index (κ2) is 11.2. The molecule has 4 aromatic heterocycles. The summed E-state index contributed by atoms with van der Waals surface area (Å²) in [5.74, 6) is 1.74. The zero-order chi connectivity index (χ0) is 29.6. The molecule has 3 aliphatic rings. The smallest absolute Gasteiger partial charge is 0.435 e. The van der Waals surface area contributed by atoms with E-state index in [1.807, 2.05) is 46.5 Å². The van der Waals surface area contributed by atoms with E-state index < -0.39 is 10.3 Å². The Kier molecular flexibility index (Phi) is 7.20. The molecule has 0 radical (unpaired) electrons. The van der Waals surface area contributed by atoms with Crippen molar-refractivity contribution >= 4 is 38.4 Å². The Balaban J connectivity index is 1.18. The number of nitrogens with zero attached hydrogens (tertiary/aromatic N) is 8. The highest BCUT2D eigenvalue weighted by atomic mass is 16.6. The lowest BCUT2D eigenvalue weighted by molar-refractivity contribution is -0.396. The largest absolute Gasteiger partial charge is 0.496 e. The summed E-state index contributed by atoms with van der Waals surface area (Å²) in [6.45, 7) is 2.81. The zero-order valence-corrected chi connectivity index (χ0v) is 24.5. The van der Waals surface area contributed by atoms with Crippen LogP contribution < -0.4 is 14.4 Å². The van der Waals surface area contributed by atoms with Gasteiger partial charge in [0.05, 0.1) is 48.1 Å². The number of aromatic nitrogens is 6. The van der Waals surface area contributed by atoms with E-state index in [1.165, 1.54) is 0 Å². The molecule has 5 heterocycles. The van der Waals surface area contributed by atoms with E-state index in [9.17, 15) is 10.1 Å². The van der Waals surface area contributed by atoms with Crippen molar-refractivity contribution < 1.29 is 19.1 Å². The molecule has 0 amide bonds. The average molecular weight is 584 g/mol. The minimum Gasteiger partial charge on any atom is -0.496 e. The van der Waals surface area contributed by atoms with E-state index in [1.54, 1.807) is 17.0 Å². The monoisotopic (exact) mass is 584 g/mol. The third-order valence-corrected chi connectivity index (χ3v) is 8.65. The second-order valence-corrected chi connectivity index (χ2v) is 12.1. The number of fused-ring (bicyclic) bond motifs is 1. The molecule has 0 aromatic carbocycles. The molecule has 2 aliphatic carbocycles. The maximum atomic E-state index is 11.7. The quantitative estimate of drug-likeness (QED) is 0.164. The summed E-state index contributed by atoms with van der Waals surface area (Å²) in [7, 11) is 3.79. The number of morpholine rings is 1. The Morgan fingerprint density at radius 1 is 1.02 bits per heavy atom. The normalized spacial score (nSPS) is 21.2. The lowest BCUT2D eigenvalue weighted by Gasteiger charge is -2.31. The van der Waals surface area contributed by atoms with Crippen LogP contribution in [0.4, 0.5) is 11.8 Å². The Labute approximate surface area is 250 Å². The molecule has 15 heteroatoms. The first-order valence-electron chi connectivity index (χ1n) is 15.0. The van der Waals surface area contributed by atoms with Crippen LogP contribution in [0.3, 0.4) is 0 Å². The summed E-state index contributed by atoms with van der Waals surface area (Å²) in [4.78, 5) is 31.5. The van der Waals surface area contributed by atoms with Crippen LogP contribution in [0.2, 0.25) is 0 Å². The molecule has 2 saturated carbocycles. The van der Waals surface area contributed by atoms with Gasteiger partial charge < -0.3 is 33.8 Å². The minimum absolute atomic E-state index is 0.0323. The van der Waals surface area contributed by atoms with Crippen LogP contribution in [0.15, 0.2) is 43.2 Å². The Morgan fingerprint density at radius 2 is 1.79 bits per heavy atom. The van der Waals surface area contributed by atoms with Gasteiger partial charge in [0, 0.05) is 37.6 Å². The lowest BCUT2D eigenvalue weighted by atomic mass is 9.63. The molecule has 1 aliphatic heterocycles. The van der Waals surface area contributed by atoms with Gasteiger partial charge in [-0.15, -0.1) is 0 Å². The summed E-state index contributed by atoms with van der Waals surface area (Å²) in [5.41, 5.74) is 1.43. The van der Waals surface area contributed by atoms with Crippen LogP contribution >= 0.6 is 0 Å². The molecule has 0 atom stereocenters. The minimum atomic E-state index is -0.896. The van der Waals surface area contributed by atoms with E-state index in [0.717, 1.165) is 68.3 Å². The molecule has 1 saturated heterocycles. The second-order valence-electron chi connectivity index (χ2n) is 12.1. The third-order valence-electron chi connectivity index (χ3n) is 8.65. The Bertz CT molecular complexity index is 1610. The van der Waals surface area contributed by atoms with Gasteiger partial charge in [0.1, 0.15) is 29.6 Å². The van der Waals surface area contributed by atoms with Crippen molar-refractivity contribution in [1.29, 1.82) is 0 Å². The molecule has 4 aromatic rings. The number of imidazole rings is 2. The molecule has 0 bridgehead atoms. The van der Waals surface area contributed by atoms with Crippen LogP contribution in [0, 0.1) is 10.1 Å². The number of anilines is 1. The van der Waals surface area contributed by atoms with Gasteiger partial charge in [-0.2, -0.15) is 4.98 Å². The zero-order valence-electron chi connectivity index (χ0n) is 24.5. The number of hydrogen-bond donors (Lipinski definition) is 0. The number of pyridine rings is 2. The number of hydrogen-bond acceptors (Lipinski definition) is 10. The fourth-order valence-corrected chi connectivity index (χ4v) is 6.24. The van der Waals surface area contributed by atoms with Gasteiger partial charge in [0.2, 0.25) is 5.88 Å². The average Bonchev–Trinajstić information content (AvgIpc) is 3.49. The fraction of sp³-hybridized carbons (Fsp3) is 0.500. The van der Waals surface area contributed by atoms with Gasteiger partial charge in [0.15, 0.2) is 15.7 Å². The van der Waals surface area contributed by atoms with Gasteiger partial charge in [-0.25, -0.2) is 9.55 Å². The maximum Gasteiger partial charge on any atom is 0.435 e. The molecule has 222 valence electrons. The molecule has 0 spiro atoms. The van der Waals surface area contributed by atoms with Gasteiger partial charge >= 0.3 is 5.95 Å². The van der Waals surface area contributed by atoms with Crippen molar-refractivity contribution in [2.45, 2.75) is 62.1 Å². The Hall–Kier alpha value is -4.13. The molecule has 0 N–H and O–H groups in total. The van der Waals surface area contributed by atoms with Crippen molar-refractivity contribution in [2.75, 3.05) is 31.2 Å². The number of ether oxygens (including phenoxy) is 3. The molecular formula is C28H34B2N8O5. The summed E-state index contributed by atoms with van der Waals surface area (Å²) in [5, 5.41) is 11.5. The van der Waals surface area contributed by atoms with E-state index in [0.29, 0.717) is 36.6 Å². The van der Waals surface area contributed by atoms with Crippen molar-refractivity contribution in [3.63, 3.8) is 0 Å². The van der Waals surface area contributed by atoms with Gasteiger partial charge in [-0.05, 0) is 49.5 Å². The van der Waals surface area contributed by atoms with Gasteiger partial charge in [-0.1, -0.05) is 4.98 Å². The first-order chi connectivity index (χ1) is 20.9.